The second kappa shape index (κ2) is 10.2. The zero-order valence-electron chi connectivity index (χ0n) is 18.1. The van der Waals surface area contributed by atoms with Gasteiger partial charge in [0.15, 0.2) is 5.96 Å². The van der Waals surface area contributed by atoms with Crippen LogP contribution in [-0.2, 0) is 11.3 Å². The summed E-state index contributed by atoms with van der Waals surface area (Å²) in [4.78, 5) is 26.3. The SMILES string of the molecule is CN=C(NCCNC(=O)c1scnc1C)N1CC2OCCN(Cc3ccccc3)C2C1. The molecule has 2 N–H and O–H groups in total. The van der Waals surface area contributed by atoms with Crippen LogP contribution in [0.15, 0.2) is 40.8 Å². The van der Waals surface area contributed by atoms with Crippen LogP contribution in [0.3, 0.4) is 0 Å². The van der Waals surface area contributed by atoms with Gasteiger partial charge in [-0.2, -0.15) is 0 Å². The number of amides is 1. The number of guanidine groups is 1. The Labute approximate surface area is 187 Å². The van der Waals surface area contributed by atoms with Crippen LogP contribution in [0, 0.1) is 6.92 Å². The topological polar surface area (TPSA) is 82.1 Å². The Morgan fingerprint density at radius 1 is 1.26 bits per heavy atom. The van der Waals surface area contributed by atoms with E-state index < -0.39 is 0 Å². The van der Waals surface area contributed by atoms with Crippen LogP contribution >= 0.6 is 11.3 Å². The fourth-order valence-corrected chi connectivity index (χ4v) is 4.95. The number of carbonyl (C=O) groups excluding carboxylic acids is 1. The van der Waals surface area contributed by atoms with E-state index >= 15 is 0 Å². The zero-order chi connectivity index (χ0) is 21.6. The molecule has 2 saturated heterocycles. The summed E-state index contributed by atoms with van der Waals surface area (Å²) < 4.78 is 6.08. The number of morpholine rings is 1. The fourth-order valence-electron chi connectivity index (χ4n) is 4.23. The minimum atomic E-state index is -0.0751. The summed E-state index contributed by atoms with van der Waals surface area (Å²) in [6.07, 6.45) is 0.185. The molecule has 4 rings (SSSR count). The smallest absolute Gasteiger partial charge is 0.263 e. The molecule has 0 saturated carbocycles. The van der Waals surface area contributed by atoms with Crippen LogP contribution < -0.4 is 10.6 Å². The third-order valence-electron chi connectivity index (χ3n) is 5.80. The number of rotatable bonds is 6. The van der Waals surface area contributed by atoms with Crippen molar-refractivity contribution in [1.82, 2.24) is 25.4 Å². The molecule has 0 radical (unpaired) electrons. The minimum absolute atomic E-state index is 0.0751. The van der Waals surface area contributed by atoms with Gasteiger partial charge in [0.05, 0.1) is 30.0 Å². The first kappa shape index (κ1) is 21.7. The third-order valence-corrected chi connectivity index (χ3v) is 6.73. The Bertz CT molecular complexity index is 902. The van der Waals surface area contributed by atoms with E-state index in [1.54, 1.807) is 12.6 Å². The molecular weight excluding hydrogens is 412 g/mol. The van der Waals surface area contributed by atoms with Gasteiger partial charge in [0, 0.05) is 46.3 Å². The van der Waals surface area contributed by atoms with Crippen molar-refractivity contribution in [1.29, 1.82) is 0 Å². The predicted octanol–water partition coefficient (Wildman–Crippen LogP) is 1.34. The van der Waals surface area contributed by atoms with Crippen LogP contribution in [0.5, 0.6) is 0 Å². The number of aryl methyl sites for hydroxylation is 1. The second-order valence-electron chi connectivity index (χ2n) is 7.83. The molecule has 2 aliphatic heterocycles. The number of likely N-dealkylation sites (tertiary alicyclic amines) is 1. The van der Waals surface area contributed by atoms with Gasteiger partial charge in [-0.1, -0.05) is 30.3 Å². The first-order valence-corrected chi connectivity index (χ1v) is 11.6. The highest BCUT2D eigenvalue weighted by Gasteiger charge is 2.41. The van der Waals surface area contributed by atoms with E-state index in [0.717, 1.165) is 44.4 Å². The van der Waals surface area contributed by atoms with Crippen molar-refractivity contribution in [3.63, 3.8) is 0 Å². The van der Waals surface area contributed by atoms with Gasteiger partial charge >= 0.3 is 0 Å². The number of hydrogen-bond acceptors (Lipinski definition) is 6. The van der Waals surface area contributed by atoms with Crippen molar-refractivity contribution in [2.75, 3.05) is 46.4 Å². The highest BCUT2D eigenvalue weighted by Crippen LogP contribution is 2.24. The number of aliphatic imine (C=N–C) groups is 1. The monoisotopic (exact) mass is 442 g/mol. The summed E-state index contributed by atoms with van der Waals surface area (Å²) in [6, 6.07) is 10.9. The standard InChI is InChI=1S/C22H30N6O2S/c1-16-20(31-15-26-16)21(29)24-8-9-25-22(23-2)28-13-18-19(14-28)30-11-10-27(18)12-17-6-4-3-5-7-17/h3-7,15,18-19H,8-14H2,1-2H3,(H,23,25)(H,24,29). The number of nitrogens with zero attached hydrogens (tertiary/aromatic N) is 4. The highest BCUT2D eigenvalue weighted by molar-refractivity contribution is 7.11. The van der Waals surface area contributed by atoms with E-state index in [1.165, 1.54) is 16.9 Å². The lowest BCUT2D eigenvalue weighted by atomic mass is 10.1. The van der Waals surface area contributed by atoms with E-state index in [0.29, 0.717) is 24.0 Å². The maximum atomic E-state index is 12.2. The maximum absolute atomic E-state index is 12.2. The second-order valence-corrected chi connectivity index (χ2v) is 8.69. The van der Waals surface area contributed by atoms with Crippen molar-refractivity contribution in [2.24, 2.45) is 4.99 Å². The number of aromatic nitrogens is 1. The van der Waals surface area contributed by atoms with Gasteiger partial charge in [-0.05, 0) is 12.5 Å². The minimum Gasteiger partial charge on any atom is -0.373 e. The average molecular weight is 443 g/mol. The Morgan fingerprint density at radius 3 is 2.81 bits per heavy atom. The molecule has 1 aromatic carbocycles. The number of nitrogens with one attached hydrogen (secondary N) is 2. The number of fused-ring (bicyclic) bond motifs is 1. The van der Waals surface area contributed by atoms with Gasteiger partial charge < -0.3 is 20.3 Å². The van der Waals surface area contributed by atoms with Gasteiger partial charge in [-0.3, -0.25) is 14.7 Å². The summed E-state index contributed by atoms with van der Waals surface area (Å²) in [6.45, 7) is 7.32. The van der Waals surface area contributed by atoms with Crippen LogP contribution in [0.4, 0.5) is 0 Å². The lowest BCUT2D eigenvalue weighted by Crippen LogP contribution is -2.50. The average Bonchev–Trinajstić information content (AvgIpc) is 3.41. The van der Waals surface area contributed by atoms with Crippen molar-refractivity contribution in [3.05, 3.63) is 52.0 Å². The fraction of sp³-hybridized carbons (Fsp3) is 0.500. The summed E-state index contributed by atoms with van der Waals surface area (Å²) in [5.41, 5.74) is 3.79. The van der Waals surface area contributed by atoms with Gasteiger partial charge in [-0.25, -0.2) is 4.98 Å². The Hall–Kier alpha value is -2.49. The largest absolute Gasteiger partial charge is 0.373 e. The molecule has 1 amide bonds. The van der Waals surface area contributed by atoms with Gasteiger partial charge in [-0.15, -0.1) is 11.3 Å². The molecule has 1 aromatic heterocycles. The lowest BCUT2D eigenvalue weighted by Gasteiger charge is -2.36. The van der Waals surface area contributed by atoms with Crippen molar-refractivity contribution < 1.29 is 9.53 Å². The predicted molar refractivity (Wildman–Crippen MR) is 122 cm³/mol. The Morgan fingerprint density at radius 2 is 2.06 bits per heavy atom. The van der Waals surface area contributed by atoms with E-state index in [-0.39, 0.29) is 12.0 Å². The molecule has 0 aliphatic carbocycles. The lowest BCUT2D eigenvalue weighted by molar-refractivity contribution is -0.0502. The Kier molecular flexibility index (Phi) is 7.16. The molecule has 31 heavy (non-hydrogen) atoms. The molecule has 0 bridgehead atoms. The number of benzene rings is 1. The summed E-state index contributed by atoms with van der Waals surface area (Å²) in [5.74, 6) is 0.773. The first-order valence-electron chi connectivity index (χ1n) is 10.7. The van der Waals surface area contributed by atoms with Crippen LogP contribution in [0.25, 0.3) is 0 Å². The van der Waals surface area contributed by atoms with Crippen LogP contribution in [-0.4, -0.2) is 85.2 Å². The van der Waals surface area contributed by atoms with E-state index in [4.69, 9.17) is 4.74 Å². The number of carbonyl (C=O) groups is 1. The summed E-state index contributed by atoms with van der Waals surface area (Å²) in [5, 5.41) is 6.32. The maximum Gasteiger partial charge on any atom is 0.263 e. The molecule has 8 nitrogen and oxygen atoms in total. The molecule has 2 atom stereocenters. The molecule has 2 aromatic rings. The molecule has 2 unspecified atom stereocenters. The Balaban J connectivity index is 1.27. The molecule has 166 valence electrons. The normalized spacial score (nSPS) is 21.7. The van der Waals surface area contributed by atoms with E-state index in [2.05, 4.69) is 60.7 Å². The molecule has 2 aliphatic rings. The summed E-state index contributed by atoms with van der Waals surface area (Å²) >= 11 is 1.36. The highest BCUT2D eigenvalue weighted by atomic mass is 32.1. The number of thiazole rings is 1. The number of ether oxygens (including phenoxy) is 1. The van der Waals surface area contributed by atoms with Gasteiger partial charge in [0.2, 0.25) is 0 Å². The van der Waals surface area contributed by atoms with Gasteiger partial charge in [0.25, 0.3) is 5.91 Å². The van der Waals surface area contributed by atoms with E-state index in [9.17, 15) is 4.79 Å². The molecule has 9 heteroatoms. The molecule has 3 heterocycles. The van der Waals surface area contributed by atoms with Crippen LogP contribution in [0.1, 0.15) is 20.9 Å². The van der Waals surface area contributed by atoms with Crippen LogP contribution in [0.2, 0.25) is 0 Å². The number of hydrogen-bond donors (Lipinski definition) is 2. The van der Waals surface area contributed by atoms with Crippen molar-refractivity contribution in [2.45, 2.75) is 25.6 Å². The zero-order valence-corrected chi connectivity index (χ0v) is 18.9. The summed E-state index contributed by atoms with van der Waals surface area (Å²) in [7, 11) is 1.80. The van der Waals surface area contributed by atoms with Crippen molar-refractivity contribution in [3.8, 4) is 0 Å². The molecule has 2 fully saturated rings. The quantitative estimate of drug-likeness (QED) is 0.399. The van der Waals surface area contributed by atoms with E-state index in [1.807, 2.05) is 6.92 Å². The molecular formula is C22H30N6O2S. The third kappa shape index (κ3) is 5.23. The molecule has 0 spiro atoms. The van der Waals surface area contributed by atoms with Crippen molar-refractivity contribution >= 4 is 23.2 Å². The van der Waals surface area contributed by atoms with Gasteiger partial charge in [0.1, 0.15) is 4.88 Å². The first-order chi connectivity index (χ1) is 15.2.